The van der Waals surface area contributed by atoms with E-state index in [1.54, 1.807) is 24.3 Å². The number of hydrogen-bond acceptors (Lipinski definition) is 5. The highest BCUT2D eigenvalue weighted by Crippen LogP contribution is 2.18. The highest BCUT2D eigenvalue weighted by Gasteiger charge is 2.04. The predicted molar refractivity (Wildman–Crippen MR) is 117 cm³/mol. The van der Waals surface area contributed by atoms with Gasteiger partial charge in [0.25, 0.3) is 0 Å². The quantitative estimate of drug-likeness (QED) is 0.432. The standard InChI is InChI=1S/C9H12ClN3S.C8H10Cl2N2/c1-5(2)12-8-4-6(9(11)14)3-7(10)13-8;1-5(2)11-8-4-6(9)3-7(10)12-8/h3-5H,1-2H3,(H2,11,14)(H,12,13);3-5H,1-2H3,(H,11,12). The maximum absolute atomic E-state index is 5.81. The first-order chi connectivity index (χ1) is 12.1. The SMILES string of the molecule is CC(C)Nc1cc(C(N)=S)cc(Cl)n1.CC(C)Nc1cc(Cl)cc(Cl)n1. The fourth-order valence-electron chi connectivity index (χ4n) is 1.84. The van der Waals surface area contributed by atoms with E-state index in [1.165, 1.54) is 0 Å². The lowest BCUT2D eigenvalue weighted by molar-refractivity contribution is 0.889. The maximum atomic E-state index is 5.81. The molecule has 0 bridgehead atoms. The Kier molecular flexibility index (Phi) is 9.36. The van der Waals surface area contributed by atoms with Crippen LogP contribution in [-0.2, 0) is 0 Å². The van der Waals surface area contributed by atoms with Gasteiger partial charge in [0, 0.05) is 22.7 Å². The minimum atomic E-state index is 0.292. The number of pyridine rings is 2. The van der Waals surface area contributed by atoms with Gasteiger partial charge >= 0.3 is 0 Å². The summed E-state index contributed by atoms with van der Waals surface area (Å²) in [5, 5.41) is 7.63. The van der Waals surface area contributed by atoms with Crippen LogP contribution in [0.2, 0.25) is 15.3 Å². The number of nitrogens with two attached hydrogens (primary N) is 1. The van der Waals surface area contributed by atoms with Crippen LogP contribution >= 0.6 is 47.0 Å². The summed E-state index contributed by atoms with van der Waals surface area (Å²) in [6, 6.07) is 7.40. The van der Waals surface area contributed by atoms with Gasteiger partial charge in [0.2, 0.25) is 0 Å². The zero-order chi connectivity index (χ0) is 19.9. The van der Waals surface area contributed by atoms with Crippen molar-refractivity contribution in [2.75, 3.05) is 10.6 Å². The Morgan fingerprint density at radius 2 is 1.35 bits per heavy atom. The van der Waals surface area contributed by atoms with E-state index in [2.05, 4.69) is 20.6 Å². The van der Waals surface area contributed by atoms with Crippen LogP contribution in [0.4, 0.5) is 11.6 Å². The fourth-order valence-corrected chi connectivity index (χ4v) is 2.64. The molecule has 0 spiro atoms. The van der Waals surface area contributed by atoms with Gasteiger partial charge in [-0.15, -0.1) is 0 Å². The summed E-state index contributed by atoms with van der Waals surface area (Å²) in [5.41, 5.74) is 6.22. The Morgan fingerprint density at radius 1 is 0.885 bits per heavy atom. The molecule has 0 aliphatic rings. The summed E-state index contributed by atoms with van der Waals surface area (Å²) in [5.74, 6) is 1.40. The fraction of sp³-hybridized carbons (Fsp3) is 0.353. The molecule has 0 aliphatic heterocycles. The van der Waals surface area contributed by atoms with Crippen molar-refractivity contribution in [3.63, 3.8) is 0 Å². The van der Waals surface area contributed by atoms with E-state index in [-0.39, 0.29) is 0 Å². The monoisotopic (exact) mass is 433 g/mol. The van der Waals surface area contributed by atoms with Crippen molar-refractivity contribution in [1.82, 2.24) is 9.97 Å². The van der Waals surface area contributed by atoms with Gasteiger partial charge in [-0.1, -0.05) is 47.0 Å². The molecule has 0 saturated heterocycles. The van der Waals surface area contributed by atoms with Gasteiger partial charge in [0.15, 0.2) is 0 Å². The second-order valence-electron chi connectivity index (χ2n) is 6.02. The molecular weight excluding hydrogens is 413 g/mol. The predicted octanol–water partition coefficient (Wildman–Crippen LogP) is 5.40. The molecule has 0 radical (unpaired) electrons. The van der Waals surface area contributed by atoms with E-state index in [0.717, 1.165) is 5.56 Å². The molecule has 2 aromatic heterocycles. The van der Waals surface area contributed by atoms with Crippen LogP contribution in [0.25, 0.3) is 0 Å². The van der Waals surface area contributed by atoms with E-state index in [9.17, 15) is 0 Å². The third-order valence-electron chi connectivity index (χ3n) is 2.71. The molecule has 2 rings (SSSR count). The van der Waals surface area contributed by atoms with Crippen LogP contribution in [0.1, 0.15) is 33.3 Å². The molecule has 0 fully saturated rings. The molecule has 4 N–H and O–H groups in total. The number of nitrogens with one attached hydrogen (secondary N) is 2. The molecule has 0 aliphatic carbocycles. The van der Waals surface area contributed by atoms with Gasteiger partial charge in [0.1, 0.15) is 26.9 Å². The molecule has 2 aromatic rings. The number of nitrogens with zero attached hydrogens (tertiary/aromatic N) is 2. The first-order valence-electron chi connectivity index (χ1n) is 7.90. The van der Waals surface area contributed by atoms with Crippen molar-refractivity contribution in [2.24, 2.45) is 5.73 Å². The van der Waals surface area contributed by atoms with Crippen LogP contribution in [0.5, 0.6) is 0 Å². The van der Waals surface area contributed by atoms with Crippen molar-refractivity contribution >= 4 is 63.6 Å². The lowest BCUT2D eigenvalue weighted by Gasteiger charge is -2.10. The molecule has 0 saturated carbocycles. The summed E-state index contributed by atoms with van der Waals surface area (Å²) in [6.45, 7) is 8.08. The maximum Gasteiger partial charge on any atom is 0.132 e. The smallest absolute Gasteiger partial charge is 0.132 e. The lowest BCUT2D eigenvalue weighted by atomic mass is 10.2. The summed E-state index contributed by atoms with van der Waals surface area (Å²) in [7, 11) is 0. The van der Waals surface area contributed by atoms with Crippen molar-refractivity contribution < 1.29 is 0 Å². The Bertz CT molecular complexity index is 733. The van der Waals surface area contributed by atoms with E-state index in [0.29, 0.717) is 44.0 Å². The van der Waals surface area contributed by atoms with Crippen molar-refractivity contribution in [3.8, 4) is 0 Å². The summed E-state index contributed by atoms with van der Waals surface area (Å²) in [4.78, 5) is 8.46. The number of anilines is 2. The molecule has 5 nitrogen and oxygen atoms in total. The molecule has 0 unspecified atom stereocenters. The highest BCUT2D eigenvalue weighted by molar-refractivity contribution is 7.80. The summed E-state index contributed by atoms with van der Waals surface area (Å²) in [6.07, 6.45) is 0. The molecule has 0 amide bonds. The van der Waals surface area contributed by atoms with Crippen molar-refractivity contribution in [1.29, 1.82) is 0 Å². The van der Waals surface area contributed by atoms with Gasteiger partial charge in [-0.25, -0.2) is 9.97 Å². The van der Waals surface area contributed by atoms with Crippen LogP contribution in [0.15, 0.2) is 24.3 Å². The number of thiocarbonyl (C=S) groups is 1. The molecule has 9 heteroatoms. The average molecular weight is 435 g/mol. The van der Waals surface area contributed by atoms with Crippen LogP contribution in [0.3, 0.4) is 0 Å². The Labute approximate surface area is 174 Å². The minimum absolute atomic E-state index is 0.292. The Hall–Kier alpha value is -1.34. The second-order valence-corrected chi connectivity index (χ2v) is 7.67. The van der Waals surface area contributed by atoms with Gasteiger partial charge in [-0.3, -0.25) is 0 Å². The van der Waals surface area contributed by atoms with Crippen LogP contribution in [-0.4, -0.2) is 27.0 Å². The summed E-state index contributed by atoms with van der Waals surface area (Å²) < 4.78 is 0. The Balaban J connectivity index is 0.000000263. The molecule has 0 atom stereocenters. The van der Waals surface area contributed by atoms with Gasteiger partial charge < -0.3 is 16.4 Å². The number of rotatable bonds is 5. The van der Waals surface area contributed by atoms with Gasteiger partial charge in [-0.2, -0.15) is 0 Å². The van der Waals surface area contributed by atoms with E-state index in [4.69, 9.17) is 52.8 Å². The van der Waals surface area contributed by atoms with Crippen LogP contribution < -0.4 is 16.4 Å². The largest absolute Gasteiger partial charge is 0.389 e. The summed E-state index contributed by atoms with van der Waals surface area (Å²) >= 11 is 22.1. The molecule has 0 aromatic carbocycles. The number of aromatic nitrogens is 2. The third-order valence-corrected chi connectivity index (χ3v) is 3.55. The van der Waals surface area contributed by atoms with Gasteiger partial charge in [0.05, 0.1) is 0 Å². The molecular formula is C17H22Cl3N5S. The average Bonchev–Trinajstić information content (AvgIpc) is 2.44. The molecule has 142 valence electrons. The topological polar surface area (TPSA) is 75.9 Å². The van der Waals surface area contributed by atoms with Gasteiger partial charge in [-0.05, 0) is 52.0 Å². The van der Waals surface area contributed by atoms with Crippen LogP contribution in [0, 0.1) is 0 Å². The highest BCUT2D eigenvalue weighted by atomic mass is 35.5. The zero-order valence-electron chi connectivity index (χ0n) is 15.0. The van der Waals surface area contributed by atoms with E-state index in [1.807, 2.05) is 27.7 Å². The minimum Gasteiger partial charge on any atom is -0.389 e. The molecule has 2 heterocycles. The molecule has 26 heavy (non-hydrogen) atoms. The second kappa shape index (κ2) is 10.7. The zero-order valence-corrected chi connectivity index (χ0v) is 18.1. The van der Waals surface area contributed by atoms with Crippen molar-refractivity contribution in [3.05, 3.63) is 45.2 Å². The number of halogens is 3. The van der Waals surface area contributed by atoms with E-state index < -0.39 is 0 Å². The Morgan fingerprint density at radius 3 is 1.77 bits per heavy atom. The third kappa shape index (κ3) is 8.85. The lowest BCUT2D eigenvalue weighted by Crippen LogP contribution is -2.14. The normalized spacial score (nSPS) is 10.3. The van der Waals surface area contributed by atoms with Crippen molar-refractivity contribution in [2.45, 2.75) is 39.8 Å². The first kappa shape index (κ1) is 22.7. The first-order valence-corrected chi connectivity index (χ1v) is 9.44. The number of hydrogen-bond donors (Lipinski definition) is 3. The van der Waals surface area contributed by atoms with E-state index >= 15 is 0 Å².